The second-order valence-corrected chi connectivity index (χ2v) is 6.94. The summed E-state index contributed by atoms with van der Waals surface area (Å²) in [5.74, 6) is 0. The van der Waals surface area contributed by atoms with E-state index in [4.69, 9.17) is 12.2 Å². The molecule has 0 bridgehead atoms. The molecule has 130 valence electrons. The highest BCUT2D eigenvalue weighted by molar-refractivity contribution is 7.80. The van der Waals surface area contributed by atoms with Gasteiger partial charge in [0.25, 0.3) is 0 Å². The first-order valence-electron chi connectivity index (χ1n) is 9.25. The zero-order valence-corrected chi connectivity index (χ0v) is 16.0. The molecule has 0 aliphatic carbocycles. The Bertz CT molecular complexity index is 457. The van der Waals surface area contributed by atoms with Crippen LogP contribution in [0.25, 0.3) is 0 Å². The Kier molecular flexibility index (Phi) is 10.7. The van der Waals surface area contributed by atoms with Crippen LogP contribution in [0.3, 0.4) is 0 Å². The first-order chi connectivity index (χ1) is 11.1. The number of nitrogens with one attached hydrogen (secondary N) is 2. The topological polar surface area (TPSA) is 24.1 Å². The molecule has 3 heteroatoms. The van der Waals surface area contributed by atoms with Crippen molar-refractivity contribution in [3.05, 3.63) is 29.3 Å². The van der Waals surface area contributed by atoms with E-state index in [0.717, 1.165) is 17.3 Å². The molecule has 0 saturated carbocycles. The first kappa shape index (κ1) is 20.0. The van der Waals surface area contributed by atoms with Gasteiger partial charge in [0, 0.05) is 12.2 Å². The number of rotatable bonds is 11. The summed E-state index contributed by atoms with van der Waals surface area (Å²) in [6.07, 6.45) is 12.2. The second-order valence-electron chi connectivity index (χ2n) is 6.53. The predicted molar refractivity (Wildman–Crippen MR) is 107 cm³/mol. The molecular formula is C20H34N2S. The van der Waals surface area contributed by atoms with Gasteiger partial charge in [-0.05, 0) is 49.7 Å². The average molecular weight is 335 g/mol. The van der Waals surface area contributed by atoms with Gasteiger partial charge in [-0.2, -0.15) is 0 Å². The lowest BCUT2D eigenvalue weighted by Gasteiger charge is -2.13. The van der Waals surface area contributed by atoms with Gasteiger partial charge in [-0.15, -0.1) is 0 Å². The summed E-state index contributed by atoms with van der Waals surface area (Å²) in [6, 6.07) is 6.39. The van der Waals surface area contributed by atoms with Crippen molar-refractivity contribution in [3.8, 4) is 0 Å². The maximum absolute atomic E-state index is 5.38. The third-order valence-electron chi connectivity index (χ3n) is 4.21. The second kappa shape index (κ2) is 12.3. The molecule has 1 aromatic carbocycles. The molecule has 0 amide bonds. The van der Waals surface area contributed by atoms with Crippen molar-refractivity contribution in [2.45, 2.75) is 78.6 Å². The van der Waals surface area contributed by atoms with Crippen LogP contribution in [0, 0.1) is 13.8 Å². The molecule has 0 spiro atoms. The van der Waals surface area contributed by atoms with Gasteiger partial charge in [0.05, 0.1) is 0 Å². The van der Waals surface area contributed by atoms with Crippen molar-refractivity contribution in [2.75, 3.05) is 11.9 Å². The van der Waals surface area contributed by atoms with Gasteiger partial charge >= 0.3 is 0 Å². The molecule has 2 nitrogen and oxygen atoms in total. The highest BCUT2D eigenvalue weighted by Gasteiger charge is 2.01. The van der Waals surface area contributed by atoms with E-state index in [1.807, 2.05) is 0 Å². The molecule has 0 heterocycles. The third-order valence-corrected chi connectivity index (χ3v) is 4.45. The minimum atomic E-state index is 0.735. The maximum Gasteiger partial charge on any atom is 0.170 e. The molecule has 0 aromatic heterocycles. The highest BCUT2D eigenvalue weighted by atomic mass is 32.1. The van der Waals surface area contributed by atoms with E-state index < -0.39 is 0 Å². The SMILES string of the molecule is CCCCCCCCCCCNC(=S)Nc1cc(C)ccc1C. The van der Waals surface area contributed by atoms with Gasteiger partial charge in [-0.25, -0.2) is 0 Å². The third kappa shape index (κ3) is 9.60. The molecule has 0 unspecified atom stereocenters. The quantitative estimate of drug-likeness (QED) is 0.376. The normalized spacial score (nSPS) is 10.6. The van der Waals surface area contributed by atoms with E-state index in [2.05, 4.69) is 49.6 Å². The summed E-state index contributed by atoms with van der Waals surface area (Å²) in [7, 11) is 0. The van der Waals surface area contributed by atoms with Crippen LogP contribution in [0.2, 0.25) is 0 Å². The molecule has 2 N–H and O–H groups in total. The van der Waals surface area contributed by atoms with Gasteiger partial charge in [-0.1, -0.05) is 70.4 Å². The van der Waals surface area contributed by atoms with Gasteiger partial charge < -0.3 is 10.6 Å². The lowest BCUT2D eigenvalue weighted by atomic mass is 10.1. The summed E-state index contributed by atoms with van der Waals surface area (Å²) in [5.41, 5.74) is 3.58. The summed E-state index contributed by atoms with van der Waals surface area (Å²) < 4.78 is 0. The van der Waals surface area contributed by atoms with Crippen LogP contribution < -0.4 is 10.6 Å². The zero-order chi connectivity index (χ0) is 16.9. The van der Waals surface area contributed by atoms with E-state index in [-0.39, 0.29) is 0 Å². The number of anilines is 1. The van der Waals surface area contributed by atoms with Crippen molar-refractivity contribution in [3.63, 3.8) is 0 Å². The maximum atomic E-state index is 5.38. The zero-order valence-electron chi connectivity index (χ0n) is 15.2. The van der Waals surface area contributed by atoms with Gasteiger partial charge in [0.2, 0.25) is 0 Å². The molecule has 1 aromatic rings. The Morgan fingerprint density at radius 3 is 2.17 bits per heavy atom. The minimum Gasteiger partial charge on any atom is -0.362 e. The smallest absolute Gasteiger partial charge is 0.170 e. The van der Waals surface area contributed by atoms with E-state index in [1.165, 1.54) is 68.9 Å². The van der Waals surface area contributed by atoms with Crippen molar-refractivity contribution < 1.29 is 0 Å². The largest absolute Gasteiger partial charge is 0.362 e. The Balaban J connectivity index is 2.03. The number of thiocarbonyl (C=S) groups is 1. The average Bonchev–Trinajstić information content (AvgIpc) is 2.53. The Labute approximate surface area is 148 Å². The summed E-state index contributed by atoms with van der Waals surface area (Å²) >= 11 is 5.38. The van der Waals surface area contributed by atoms with Gasteiger partial charge in [0.1, 0.15) is 0 Å². The fraction of sp³-hybridized carbons (Fsp3) is 0.650. The van der Waals surface area contributed by atoms with Crippen molar-refractivity contribution in [2.24, 2.45) is 0 Å². The number of hydrogen-bond acceptors (Lipinski definition) is 1. The molecule has 0 aliphatic rings. The van der Waals surface area contributed by atoms with Crippen LogP contribution in [-0.2, 0) is 0 Å². The van der Waals surface area contributed by atoms with Gasteiger partial charge in [0.15, 0.2) is 5.11 Å². The monoisotopic (exact) mass is 334 g/mol. The molecule has 1 rings (SSSR count). The van der Waals surface area contributed by atoms with Crippen LogP contribution in [0.15, 0.2) is 18.2 Å². The Hall–Kier alpha value is -1.09. The molecular weight excluding hydrogens is 300 g/mol. The van der Waals surface area contributed by atoms with E-state index in [9.17, 15) is 0 Å². The summed E-state index contributed by atoms with van der Waals surface area (Å²) in [4.78, 5) is 0. The van der Waals surface area contributed by atoms with Crippen LogP contribution >= 0.6 is 12.2 Å². The Morgan fingerprint density at radius 2 is 1.52 bits per heavy atom. The predicted octanol–water partition coefficient (Wildman–Crippen LogP) is 6.12. The lowest BCUT2D eigenvalue weighted by molar-refractivity contribution is 0.563. The number of aryl methyl sites for hydroxylation is 2. The van der Waals surface area contributed by atoms with Crippen LogP contribution in [0.4, 0.5) is 5.69 Å². The number of benzene rings is 1. The fourth-order valence-corrected chi connectivity index (χ4v) is 2.89. The van der Waals surface area contributed by atoms with E-state index in [0.29, 0.717) is 0 Å². The van der Waals surface area contributed by atoms with Crippen LogP contribution in [0.5, 0.6) is 0 Å². The molecule has 0 atom stereocenters. The van der Waals surface area contributed by atoms with Crippen molar-refractivity contribution in [1.29, 1.82) is 0 Å². The van der Waals surface area contributed by atoms with E-state index in [1.54, 1.807) is 0 Å². The molecule has 0 saturated heterocycles. The Morgan fingerprint density at radius 1 is 0.913 bits per heavy atom. The van der Waals surface area contributed by atoms with Crippen molar-refractivity contribution >= 4 is 23.0 Å². The van der Waals surface area contributed by atoms with E-state index >= 15 is 0 Å². The fourth-order valence-electron chi connectivity index (χ4n) is 2.67. The minimum absolute atomic E-state index is 0.735. The highest BCUT2D eigenvalue weighted by Crippen LogP contribution is 2.16. The number of unbranched alkanes of at least 4 members (excludes halogenated alkanes) is 8. The standard InChI is InChI=1S/C20H34N2S/c1-4-5-6-7-8-9-10-11-12-15-21-20(23)22-19-16-17(2)13-14-18(19)3/h13-14,16H,4-12,15H2,1-3H3,(H2,21,22,23). The molecule has 0 fully saturated rings. The molecule has 0 aliphatic heterocycles. The summed E-state index contributed by atoms with van der Waals surface area (Å²) in [6.45, 7) is 7.44. The molecule has 23 heavy (non-hydrogen) atoms. The van der Waals surface area contributed by atoms with Crippen LogP contribution in [0.1, 0.15) is 75.8 Å². The molecule has 0 radical (unpaired) electrons. The number of hydrogen-bond donors (Lipinski definition) is 2. The lowest BCUT2D eigenvalue weighted by Crippen LogP contribution is -2.29. The summed E-state index contributed by atoms with van der Waals surface area (Å²) in [5, 5.41) is 7.35. The van der Waals surface area contributed by atoms with Gasteiger partial charge in [-0.3, -0.25) is 0 Å². The van der Waals surface area contributed by atoms with Crippen LogP contribution in [-0.4, -0.2) is 11.7 Å². The first-order valence-corrected chi connectivity index (χ1v) is 9.66. The van der Waals surface area contributed by atoms with Crippen molar-refractivity contribution in [1.82, 2.24) is 5.32 Å².